The van der Waals surface area contributed by atoms with Crippen molar-refractivity contribution in [2.45, 2.75) is 45.6 Å². The number of nitrogens with zero attached hydrogens (tertiary/aromatic N) is 2. The second-order valence-electron chi connectivity index (χ2n) is 7.93. The van der Waals surface area contributed by atoms with Crippen molar-refractivity contribution >= 4 is 45.6 Å². The van der Waals surface area contributed by atoms with Gasteiger partial charge in [0, 0.05) is 17.3 Å². The first-order valence-corrected chi connectivity index (χ1v) is 11.3. The SMILES string of the molecule is CC(=O)N(c1nc(COC(=O)C2(c3ccc(Cl)cc3)CC2)cs1)c1ccc(C)cc1C. The minimum Gasteiger partial charge on any atom is -0.458 e. The molecule has 1 amide bonds. The van der Waals surface area contributed by atoms with Gasteiger partial charge in [-0.25, -0.2) is 4.98 Å². The number of aromatic nitrogens is 1. The van der Waals surface area contributed by atoms with Crippen molar-refractivity contribution in [1.29, 1.82) is 0 Å². The van der Waals surface area contributed by atoms with Crippen LogP contribution in [-0.4, -0.2) is 16.9 Å². The Morgan fingerprint density at radius 3 is 2.48 bits per heavy atom. The van der Waals surface area contributed by atoms with Gasteiger partial charge in [-0.15, -0.1) is 11.3 Å². The van der Waals surface area contributed by atoms with E-state index in [-0.39, 0.29) is 18.5 Å². The Bertz CT molecular complexity index is 1140. The maximum absolute atomic E-state index is 12.8. The maximum atomic E-state index is 12.8. The lowest BCUT2D eigenvalue weighted by Gasteiger charge is -2.20. The molecule has 7 heteroatoms. The molecule has 5 nitrogen and oxygen atoms in total. The molecular weight excluding hydrogens is 432 g/mol. The van der Waals surface area contributed by atoms with Crippen LogP contribution >= 0.6 is 22.9 Å². The average molecular weight is 455 g/mol. The largest absolute Gasteiger partial charge is 0.458 e. The van der Waals surface area contributed by atoms with E-state index >= 15 is 0 Å². The number of aryl methyl sites for hydroxylation is 2. The van der Waals surface area contributed by atoms with Gasteiger partial charge in [-0.3, -0.25) is 14.5 Å². The highest BCUT2D eigenvalue weighted by Crippen LogP contribution is 2.49. The number of hydrogen-bond acceptors (Lipinski definition) is 5. The van der Waals surface area contributed by atoms with E-state index in [0.29, 0.717) is 15.8 Å². The van der Waals surface area contributed by atoms with E-state index in [9.17, 15) is 9.59 Å². The fourth-order valence-corrected chi connectivity index (χ4v) is 4.70. The Morgan fingerprint density at radius 2 is 1.87 bits per heavy atom. The van der Waals surface area contributed by atoms with Gasteiger partial charge in [-0.1, -0.05) is 41.4 Å². The molecule has 160 valence electrons. The summed E-state index contributed by atoms with van der Waals surface area (Å²) in [5.41, 5.74) is 3.90. The number of amides is 1. The van der Waals surface area contributed by atoms with Crippen molar-refractivity contribution in [3.05, 3.63) is 75.3 Å². The topological polar surface area (TPSA) is 59.5 Å². The van der Waals surface area contributed by atoms with E-state index in [1.165, 1.54) is 18.3 Å². The molecular formula is C24H23ClN2O3S. The second-order valence-corrected chi connectivity index (χ2v) is 9.20. The van der Waals surface area contributed by atoms with Crippen LogP contribution in [0.15, 0.2) is 47.8 Å². The van der Waals surface area contributed by atoms with Crippen molar-refractivity contribution in [3.8, 4) is 0 Å². The molecule has 1 aliphatic rings. The van der Waals surface area contributed by atoms with Crippen LogP contribution in [0.2, 0.25) is 5.02 Å². The lowest BCUT2D eigenvalue weighted by atomic mass is 9.96. The Kier molecular flexibility index (Phi) is 5.86. The fraction of sp³-hybridized carbons (Fsp3) is 0.292. The van der Waals surface area contributed by atoms with Crippen LogP contribution in [0.25, 0.3) is 0 Å². The summed E-state index contributed by atoms with van der Waals surface area (Å²) in [6.45, 7) is 5.58. The number of rotatable bonds is 6. The summed E-state index contributed by atoms with van der Waals surface area (Å²) in [5.74, 6) is -0.369. The number of halogens is 1. The van der Waals surface area contributed by atoms with Gasteiger partial charge in [-0.2, -0.15) is 0 Å². The smallest absolute Gasteiger partial charge is 0.316 e. The Hall–Kier alpha value is -2.70. The zero-order chi connectivity index (χ0) is 22.2. The van der Waals surface area contributed by atoms with Crippen molar-refractivity contribution in [1.82, 2.24) is 4.98 Å². The molecule has 4 rings (SSSR count). The van der Waals surface area contributed by atoms with Crippen molar-refractivity contribution < 1.29 is 14.3 Å². The molecule has 0 spiro atoms. The van der Waals surface area contributed by atoms with E-state index in [4.69, 9.17) is 16.3 Å². The molecule has 1 saturated carbocycles. The summed E-state index contributed by atoms with van der Waals surface area (Å²) >= 11 is 7.32. The summed E-state index contributed by atoms with van der Waals surface area (Å²) < 4.78 is 5.61. The van der Waals surface area contributed by atoms with Crippen LogP contribution in [-0.2, 0) is 26.3 Å². The summed E-state index contributed by atoms with van der Waals surface area (Å²) in [6, 6.07) is 13.3. The average Bonchev–Trinajstić information content (AvgIpc) is 3.41. The first-order valence-electron chi connectivity index (χ1n) is 10.1. The van der Waals surface area contributed by atoms with E-state index in [2.05, 4.69) is 4.98 Å². The number of thiazole rings is 1. The van der Waals surface area contributed by atoms with Gasteiger partial charge in [0.05, 0.1) is 16.8 Å². The van der Waals surface area contributed by atoms with Crippen LogP contribution in [0.4, 0.5) is 10.8 Å². The Labute approximate surface area is 190 Å². The van der Waals surface area contributed by atoms with Gasteiger partial charge in [0.25, 0.3) is 0 Å². The van der Waals surface area contributed by atoms with Gasteiger partial charge in [-0.05, 0) is 56.0 Å². The summed E-state index contributed by atoms with van der Waals surface area (Å²) in [7, 11) is 0. The molecule has 0 saturated heterocycles. The van der Waals surface area contributed by atoms with Crippen molar-refractivity contribution in [2.24, 2.45) is 0 Å². The normalized spacial score (nSPS) is 14.2. The second kappa shape index (κ2) is 8.44. The van der Waals surface area contributed by atoms with E-state index in [0.717, 1.165) is 35.2 Å². The molecule has 31 heavy (non-hydrogen) atoms. The quantitative estimate of drug-likeness (QED) is 0.437. The summed E-state index contributed by atoms with van der Waals surface area (Å²) in [4.78, 5) is 31.3. The molecule has 0 radical (unpaired) electrons. The summed E-state index contributed by atoms with van der Waals surface area (Å²) in [6.07, 6.45) is 1.53. The van der Waals surface area contributed by atoms with Crippen molar-refractivity contribution in [2.75, 3.05) is 4.90 Å². The highest BCUT2D eigenvalue weighted by molar-refractivity contribution is 7.14. The number of carbonyl (C=O) groups is 2. The minimum absolute atomic E-state index is 0.0727. The van der Waals surface area contributed by atoms with Crippen LogP contribution in [0.1, 0.15) is 42.1 Å². The van der Waals surface area contributed by atoms with Crippen molar-refractivity contribution in [3.63, 3.8) is 0 Å². The Balaban J connectivity index is 1.48. The van der Waals surface area contributed by atoms with Gasteiger partial charge in [0.2, 0.25) is 5.91 Å². The monoisotopic (exact) mass is 454 g/mol. The zero-order valence-electron chi connectivity index (χ0n) is 17.6. The van der Waals surface area contributed by atoms with Gasteiger partial charge in [0.1, 0.15) is 6.61 Å². The third kappa shape index (κ3) is 4.36. The first kappa shape index (κ1) is 21.5. The van der Waals surface area contributed by atoms with Crippen LogP contribution in [0, 0.1) is 13.8 Å². The van der Waals surface area contributed by atoms with Gasteiger partial charge in [0.15, 0.2) is 5.13 Å². The molecule has 1 heterocycles. The molecule has 1 aliphatic carbocycles. The molecule has 0 atom stereocenters. The molecule has 1 fully saturated rings. The predicted molar refractivity (Wildman–Crippen MR) is 123 cm³/mol. The highest BCUT2D eigenvalue weighted by Gasteiger charge is 2.52. The van der Waals surface area contributed by atoms with Crippen LogP contribution in [0.5, 0.6) is 0 Å². The van der Waals surface area contributed by atoms with Crippen LogP contribution in [0.3, 0.4) is 0 Å². The van der Waals surface area contributed by atoms with Crippen LogP contribution < -0.4 is 4.90 Å². The predicted octanol–water partition coefficient (Wildman–Crippen LogP) is 5.87. The van der Waals surface area contributed by atoms with E-state index in [1.54, 1.807) is 17.0 Å². The number of carbonyl (C=O) groups excluding carboxylic acids is 2. The molecule has 0 N–H and O–H groups in total. The Morgan fingerprint density at radius 1 is 1.16 bits per heavy atom. The number of benzene rings is 2. The lowest BCUT2D eigenvalue weighted by molar-refractivity contribution is -0.148. The highest BCUT2D eigenvalue weighted by atomic mass is 35.5. The molecule has 0 aliphatic heterocycles. The lowest BCUT2D eigenvalue weighted by Crippen LogP contribution is -2.24. The standard InChI is InChI=1S/C24H23ClN2O3S/c1-15-4-9-21(16(2)12-15)27(17(3)28)23-26-20(14-31-23)13-30-22(29)24(10-11-24)18-5-7-19(25)8-6-18/h4-9,12,14H,10-11,13H2,1-3H3. The third-order valence-corrected chi connectivity index (χ3v) is 6.65. The zero-order valence-corrected chi connectivity index (χ0v) is 19.2. The molecule has 3 aromatic rings. The fourth-order valence-electron chi connectivity index (χ4n) is 3.71. The first-order chi connectivity index (χ1) is 14.8. The summed E-state index contributed by atoms with van der Waals surface area (Å²) in [5, 5.41) is 3.02. The van der Waals surface area contributed by atoms with Gasteiger partial charge >= 0.3 is 5.97 Å². The number of anilines is 2. The molecule has 1 aromatic heterocycles. The number of esters is 1. The number of ether oxygens (including phenoxy) is 1. The van der Waals surface area contributed by atoms with Gasteiger partial charge < -0.3 is 4.74 Å². The van der Waals surface area contributed by atoms with E-state index < -0.39 is 5.41 Å². The third-order valence-electron chi connectivity index (χ3n) is 5.53. The minimum atomic E-state index is -0.576. The molecule has 0 bridgehead atoms. The maximum Gasteiger partial charge on any atom is 0.316 e. The van der Waals surface area contributed by atoms with E-state index in [1.807, 2.05) is 49.6 Å². The number of hydrogen-bond donors (Lipinski definition) is 0. The molecule has 0 unspecified atom stereocenters. The molecule has 2 aromatic carbocycles.